The Balaban J connectivity index is 3.17. The van der Waals surface area contributed by atoms with Crippen molar-refractivity contribution in [2.24, 2.45) is 0 Å². The number of rotatable bonds is 20. The summed E-state index contributed by atoms with van der Waals surface area (Å²) >= 11 is 0. The number of ether oxygens (including phenoxy) is 2. The minimum Gasteiger partial charge on any atom is -0.433 e. The van der Waals surface area contributed by atoms with Crippen molar-refractivity contribution in [2.75, 3.05) is 6.61 Å². The molecule has 160 valence electrons. The van der Waals surface area contributed by atoms with Gasteiger partial charge in [0.25, 0.3) is 0 Å². The van der Waals surface area contributed by atoms with Crippen LogP contribution in [0.3, 0.4) is 0 Å². The number of hydrogen-bond donors (Lipinski definition) is 0. The van der Waals surface area contributed by atoms with E-state index in [2.05, 4.69) is 13.5 Å². The van der Waals surface area contributed by atoms with Gasteiger partial charge in [0, 0.05) is 5.57 Å². The van der Waals surface area contributed by atoms with Gasteiger partial charge in [0.15, 0.2) is 6.29 Å². The average molecular weight is 383 g/mol. The van der Waals surface area contributed by atoms with Crippen LogP contribution in [-0.4, -0.2) is 18.9 Å². The first-order chi connectivity index (χ1) is 13.1. The maximum absolute atomic E-state index is 11.3. The first-order valence-corrected chi connectivity index (χ1v) is 11.6. The summed E-state index contributed by atoms with van der Waals surface area (Å²) in [7, 11) is 0. The molecule has 0 aromatic heterocycles. The monoisotopic (exact) mass is 382 g/mol. The van der Waals surface area contributed by atoms with Crippen molar-refractivity contribution in [2.45, 2.75) is 130 Å². The van der Waals surface area contributed by atoms with E-state index in [0.717, 1.165) is 6.42 Å². The van der Waals surface area contributed by atoms with E-state index >= 15 is 0 Å². The first-order valence-electron chi connectivity index (χ1n) is 11.6. The van der Waals surface area contributed by atoms with Crippen molar-refractivity contribution in [3.63, 3.8) is 0 Å². The lowest BCUT2D eigenvalue weighted by atomic mass is 10.0. The minimum absolute atomic E-state index is 0.380. The third-order valence-electron chi connectivity index (χ3n) is 4.97. The van der Waals surface area contributed by atoms with E-state index in [1.807, 2.05) is 0 Å². The molecule has 0 rings (SSSR count). The molecule has 0 saturated carbocycles. The summed E-state index contributed by atoms with van der Waals surface area (Å²) < 4.78 is 10.6. The van der Waals surface area contributed by atoms with Crippen molar-refractivity contribution in [1.29, 1.82) is 0 Å². The predicted octanol–water partition coefficient (Wildman–Crippen LogP) is 7.73. The highest BCUT2D eigenvalue weighted by molar-refractivity contribution is 5.86. The maximum atomic E-state index is 11.3. The zero-order valence-electron chi connectivity index (χ0n) is 18.5. The van der Waals surface area contributed by atoms with Gasteiger partial charge in [-0.1, -0.05) is 110 Å². The Morgan fingerprint density at radius 2 is 1.11 bits per heavy atom. The highest BCUT2D eigenvalue weighted by atomic mass is 16.7. The molecule has 0 fully saturated rings. The summed E-state index contributed by atoms with van der Waals surface area (Å²) in [5, 5.41) is 0. The molecular formula is C24H46O3. The molecule has 0 spiro atoms. The largest absolute Gasteiger partial charge is 0.433 e. The molecule has 0 aliphatic rings. The van der Waals surface area contributed by atoms with Gasteiger partial charge >= 0.3 is 5.97 Å². The molecule has 0 aliphatic heterocycles. The van der Waals surface area contributed by atoms with Crippen LogP contribution < -0.4 is 0 Å². The van der Waals surface area contributed by atoms with Gasteiger partial charge in [-0.25, -0.2) is 4.79 Å². The fourth-order valence-electron chi connectivity index (χ4n) is 3.18. The summed E-state index contributed by atoms with van der Waals surface area (Å²) in [4.78, 5) is 11.3. The van der Waals surface area contributed by atoms with Crippen LogP contribution in [0.2, 0.25) is 0 Å². The van der Waals surface area contributed by atoms with Crippen LogP contribution in [0.25, 0.3) is 0 Å². The van der Waals surface area contributed by atoms with Crippen molar-refractivity contribution >= 4 is 5.97 Å². The summed E-state index contributed by atoms with van der Waals surface area (Å²) in [6.07, 6.45) is 21.3. The summed E-state index contributed by atoms with van der Waals surface area (Å²) in [5.41, 5.74) is 0.410. The topological polar surface area (TPSA) is 35.5 Å². The number of carbonyl (C=O) groups is 1. The van der Waals surface area contributed by atoms with E-state index in [0.29, 0.717) is 12.2 Å². The van der Waals surface area contributed by atoms with E-state index in [1.165, 1.54) is 96.3 Å². The van der Waals surface area contributed by atoms with Gasteiger partial charge in [0.05, 0.1) is 6.61 Å². The van der Waals surface area contributed by atoms with Crippen molar-refractivity contribution in [3.8, 4) is 0 Å². The van der Waals surface area contributed by atoms with Crippen LogP contribution in [-0.2, 0) is 14.3 Å². The molecule has 1 atom stereocenters. The lowest BCUT2D eigenvalue weighted by Crippen LogP contribution is -2.18. The lowest BCUT2D eigenvalue weighted by Gasteiger charge is -2.13. The van der Waals surface area contributed by atoms with Gasteiger partial charge < -0.3 is 9.47 Å². The van der Waals surface area contributed by atoms with Crippen molar-refractivity contribution in [3.05, 3.63) is 12.2 Å². The van der Waals surface area contributed by atoms with Crippen LogP contribution in [0, 0.1) is 0 Å². The first kappa shape index (κ1) is 26.2. The molecule has 3 heteroatoms. The second kappa shape index (κ2) is 19.9. The standard InChI is InChI=1S/C24H46O3/c1-5-6-7-8-9-10-11-12-13-14-15-16-17-18-19-20-21-26-23(4)27-24(25)22(2)3/h23H,2,5-21H2,1,3-4H3. The van der Waals surface area contributed by atoms with Crippen LogP contribution in [0.4, 0.5) is 0 Å². The van der Waals surface area contributed by atoms with Crippen molar-refractivity contribution in [1.82, 2.24) is 0 Å². The van der Waals surface area contributed by atoms with Gasteiger partial charge in [-0.05, 0) is 20.3 Å². The molecule has 0 bridgehead atoms. The molecule has 27 heavy (non-hydrogen) atoms. The summed E-state index contributed by atoms with van der Waals surface area (Å²) in [6.45, 7) is 9.90. The van der Waals surface area contributed by atoms with E-state index in [1.54, 1.807) is 13.8 Å². The predicted molar refractivity (Wildman–Crippen MR) is 116 cm³/mol. The van der Waals surface area contributed by atoms with E-state index in [9.17, 15) is 4.79 Å². The Morgan fingerprint density at radius 1 is 0.741 bits per heavy atom. The maximum Gasteiger partial charge on any atom is 0.335 e. The van der Waals surface area contributed by atoms with Gasteiger partial charge in [-0.3, -0.25) is 0 Å². The van der Waals surface area contributed by atoms with Gasteiger partial charge in [-0.15, -0.1) is 0 Å². The average Bonchev–Trinajstić information content (AvgIpc) is 2.64. The summed E-state index contributed by atoms with van der Waals surface area (Å²) in [5.74, 6) is -0.380. The van der Waals surface area contributed by atoms with Gasteiger partial charge in [0.1, 0.15) is 0 Å². The summed E-state index contributed by atoms with van der Waals surface area (Å²) in [6, 6.07) is 0. The molecule has 3 nitrogen and oxygen atoms in total. The van der Waals surface area contributed by atoms with E-state index in [4.69, 9.17) is 9.47 Å². The van der Waals surface area contributed by atoms with Crippen LogP contribution in [0.15, 0.2) is 12.2 Å². The van der Waals surface area contributed by atoms with Gasteiger partial charge in [-0.2, -0.15) is 0 Å². The second-order valence-corrected chi connectivity index (χ2v) is 7.93. The third-order valence-corrected chi connectivity index (χ3v) is 4.97. The zero-order chi connectivity index (χ0) is 20.2. The van der Waals surface area contributed by atoms with Crippen LogP contribution >= 0.6 is 0 Å². The van der Waals surface area contributed by atoms with Crippen LogP contribution in [0.1, 0.15) is 124 Å². The number of carbonyl (C=O) groups excluding carboxylic acids is 1. The Hall–Kier alpha value is -0.830. The number of hydrogen-bond acceptors (Lipinski definition) is 3. The van der Waals surface area contributed by atoms with Gasteiger partial charge in [0.2, 0.25) is 0 Å². The van der Waals surface area contributed by atoms with E-state index < -0.39 is 6.29 Å². The Morgan fingerprint density at radius 3 is 1.48 bits per heavy atom. The molecule has 0 saturated heterocycles. The molecule has 0 radical (unpaired) electrons. The number of esters is 1. The fraction of sp³-hybridized carbons (Fsp3) is 0.875. The Kier molecular flexibility index (Phi) is 19.3. The molecule has 0 heterocycles. The zero-order valence-corrected chi connectivity index (χ0v) is 18.5. The smallest absolute Gasteiger partial charge is 0.335 e. The second-order valence-electron chi connectivity index (χ2n) is 7.93. The fourth-order valence-corrected chi connectivity index (χ4v) is 3.18. The molecular weight excluding hydrogens is 336 g/mol. The SMILES string of the molecule is C=C(C)C(=O)OC(C)OCCCCCCCCCCCCCCCCCC. The molecule has 0 aliphatic carbocycles. The highest BCUT2D eigenvalue weighted by Crippen LogP contribution is 2.13. The highest BCUT2D eigenvalue weighted by Gasteiger charge is 2.09. The van der Waals surface area contributed by atoms with E-state index in [-0.39, 0.29) is 5.97 Å². The molecule has 1 unspecified atom stereocenters. The quantitative estimate of drug-likeness (QED) is 0.0935. The lowest BCUT2D eigenvalue weighted by molar-refractivity contribution is -0.170. The Bertz CT molecular complexity index is 352. The van der Waals surface area contributed by atoms with Crippen molar-refractivity contribution < 1.29 is 14.3 Å². The normalized spacial score (nSPS) is 12.1. The molecule has 0 amide bonds. The third kappa shape index (κ3) is 19.7. The Labute approximate surface area is 169 Å². The molecule has 0 N–H and O–H groups in total. The molecule has 0 aromatic carbocycles. The number of unbranched alkanes of at least 4 members (excludes halogenated alkanes) is 15. The minimum atomic E-state index is -0.481. The van der Waals surface area contributed by atoms with Crippen LogP contribution in [0.5, 0.6) is 0 Å². The molecule has 0 aromatic rings.